The van der Waals surface area contributed by atoms with Crippen molar-refractivity contribution in [2.24, 2.45) is 4.99 Å². The summed E-state index contributed by atoms with van der Waals surface area (Å²) in [6.45, 7) is 1.92. The Labute approximate surface area is 174 Å². The lowest BCUT2D eigenvalue weighted by atomic mass is 10.0. The van der Waals surface area contributed by atoms with Gasteiger partial charge in [0, 0.05) is 23.5 Å². The van der Waals surface area contributed by atoms with Gasteiger partial charge in [-0.2, -0.15) is 13.2 Å². The Morgan fingerprint density at radius 3 is 2.61 bits per heavy atom. The molecule has 4 rings (SSSR count). The number of nitrogens with zero attached hydrogens (tertiary/aromatic N) is 3. The van der Waals surface area contributed by atoms with Gasteiger partial charge in [0.1, 0.15) is 35.6 Å². The second kappa shape index (κ2) is 7.52. The molecule has 1 N–H and O–H groups in total. The second-order valence-electron chi connectivity index (χ2n) is 7.74. The molecule has 0 amide bonds. The fourth-order valence-corrected chi connectivity index (χ4v) is 3.22. The summed E-state index contributed by atoms with van der Waals surface area (Å²) in [5, 5.41) is 10.1. The molecule has 3 aromatic rings. The number of ether oxygens (including phenoxy) is 2. The molecule has 164 valence electrons. The summed E-state index contributed by atoms with van der Waals surface area (Å²) in [6, 6.07) is 6.74. The van der Waals surface area contributed by atoms with E-state index >= 15 is 0 Å². The number of para-hydroxylation sites is 1. The third-order valence-electron chi connectivity index (χ3n) is 4.77. The molecule has 31 heavy (non-hydrogen) atoms. The first-order valence-corrected chi connectivity index (χ1v) is 9.42. The van der Waals surface area contributed by atoms with Gasteiger partial charge >= 0.3 is 6.18 Å². The molecule has 0 aliphatic carbocycles. The van der Waals surface area contributed by atoms with E-state index in [0.717, 1.165) is 0 Å². The number of aromatic nitrogens is 2. The molecule has 1 aromatic carbocycles. The van der Waals surface area contributed by atoms with Gasteiger partial charge in [-0.3, -0.25) is 0 Å². The van der Waals surface area contributed by atoms with Crippen LogP contribution < -0.4 is 4.74 Å². The van der Waals surface area contributed by atoms with Crippen molar-refractivity contribution >= 4 is 11.5 Å². The summed E-state index contributed by atoms with van der Waals surface area (Å²) in [5.74, 6) is -0.460. The molecular weight excluding hydrogens is 418 g/mol. The van der Waals surface area contributed by atoms with Gasteiger partial charge in [-0.25, -0.2) is 14.4 Å². The van der Waals surface area contributed by atoms with Crippen LogP contribution in [0.2, 0.25) is 0 Å². The normalized spacial score (nSPS) is 17.0. The van der Waals surface area contributed by atoms with E-state index in [1.54, 1.807) is 19.9 Å². The van der Waals surface area contributed by atoms with Crippen molar-refractivity contribution in [1.82, 2.24) is 9.38 Å². The highest BCUT2D eigenvalue weighted by Gasteiger charge is 2.33. The largest absolute Gasteiger partial charge is 0.483 e. The first-order valence-electron chi connectivity index (χ1n) is 9.42. The number of aliphatic imine (C=N–C) groups is 1. The number of imidazole rings is 1. The molecule has 0 fully saturated rings. The van der Waals surface area contributed by atoms with Crippen molar-refractivity contribution in [2.45, 2.75) is 31.7 Å². The van der Waals surface area contributed by atoms with Gasteiger partial charge in [0.05, 0.1) is 5.60 Å². The SMILES string of the molecule is CC(C)(O)C1COC(c2cn3cc(F)cc(-c4ccccc4OCC(F)(F)F)c3n2)=N1. The number of rotatable bonds is 5. The third kappa shape index (κ3) is 4.48. The summed E-state index contributed by atoms with van der Waals surface area (Å²) in [5.41, 5.74) is 0.0240. The summed E-state index contributed by atoms with van der Waals surface area (Å²) in [4.78, 5) is 8.81. The maximum atomic E-state index is 14.3. The van der Waals surface area contributed by atoms with E-state index < -0.39 is 30.2 Å². The second-order valence-corrected chi connectivity index (χ2v) is 7.74. The molecule has 6 nitrogen and oxygen atoms in total. The average molecular weight is 437 g/mol. The number of alkyl halides is 3. The molecule has 2 aromatic heterocycles. The van der Waals surface area contributed by atoms with Crippen LogP contribution >= 0.6 is 0 Å². The number of fused-ring (bicyclic) bond motifs is 1. The van der Waals surface area contributed by atoms with Crippen LogP contribution in [0.4, 0.5) is 17.6 Å². The predicted octanol–water partition coefficient (Wildman–Crippen LogP) is 4.00. The van der Waals surface area contributed by atoms with E-state index in [9.17, 15) is 22.7 Å². The van der Waals surface area contributed by atoms with Crippen LogP contribution in [0, 0.1) is 5.82 Å². The lowest BCUT2D eigenvalue weighted by Crippen LogP contribution is -2.35. The van der Waals surface area contributed by atoms with E-state index in [1.807, 2.05) is 0 Å². The zero-order valence-corrected chi connectivity index (χ0v) is 16.7. The van der Waals surface area contributed by atoms with Crippen LogP contribution in [-0.4, -0.2) is 51.4 Å². The molecule has 1 aliphatic heterocycles. The highest BCUT2D eigenvalue weighted by molar-refractivity contribution is 5.95. The van der Waals surface area contributed by atoms with Crippen LogP contribution in [0.15, 0.2) is 47.7 Å². The van der Waals surface area contributed by atoms with Crippen LogP contribution in [0.5, 0.6) is 5.75 Å². The number of pyridine rings is 1. The van der Waals surface area contributed by atoms with Crippen molar-refractivity contribution in [3.63, 3.8) is 0 Å². The maximum absolute atomic E-state index is 14.3. The zero-order valence-electron chi connectivity index (χ0n) is 16.7. The molecule has 0 bridgehead atoms. The highest BCUT2D eigenvalue weighted by atomic mass is 19.4. The first kappa shape index (κ1) is 21.1. The molecule has 0 saturated carbocycles. The number of benzene rings is 1. The first-order chi connectivity index (χ1) is 14.5. The van der Waals surface area contributed by atoms with Crippen molar-refractivity contribution in [3.8, 4) is 16.9 Å². The highest BCUT2D eigenvalue weighted by Crippen LogP contribution is 2.34. The maximum Gasteiger partial charge on any atom is 0.422 e. The standard InChI is InChI=1S/C21H19F4N3O3/c1-20(2,29)17-10-30-19(27-17)15-9-28-8-12(22)7-14(18(28)26-15)13-5-3-4-6-16(13)31-11-21(23,24)25/h3-9,17,29H,10-11H2,1-2H3. The van der Waals surface area contributed by atoms with Gasteiger partial charge in [0.25, 0.3) is 0 Å². The Morgan fingerprint density at radius 2 is 1.94 bits per heavy atom. The van der Waals surface area contributed by atoms with E-state index in [1.165, 1.54) is 41.1 Å². The van der Waals surface area contributed by atoms with Crippen molar-refractivity contribution in [1.29, 1.82) is 0 Å². The molecule has 0 spiro atoms. The zero-order chi connectivity index (χ0) is 22.4. The summed E-state index contributed by atoms with van der Waals surface area (Å²) in [7, 11) is 0. The Morgan fingerprint density at radius 1 is 1.19 bits per heavy atom. The molecule has 1 unspecified atom stereocenters. The third-order valence-corrected chi connectivity index (χ3v) is 4.77. The Hall–Kier alpha value is -3.14. The van der Waals surface area contributed by atoms with Gasteiger partial charge in [0.15, 0.2) is 6.61 Å². The molecule has 3 heterocycles. The average Bonchev–Trinajstić information content (AvgIpc) is 3.32. The molecule has 10 heteroatoms. The molecule has 1 aliphatic rings. The fraction of sp³-hybridized carbons (Fsp3) is 0.333. The van der Waals surface area contributed by atoms with Crippen molar-refractivity contribution in [3.05, 3.63) is 54.2 Å². The van der Waals surface area contributed by atoms with Gasteiger partial charge in [-0.1, -0.05) is 18.2 Å². The van der Waals surface area contributed by atoms with Gasteiger partial charge in [-0.15, -0.1) is 0 Å². The number of hydrogen-bond donors (Lipinski definition) is 1. The van der Waals surface area contributed by atoms with E-state index in [2.05, 4.69) is 9.98 Å². The fourth-order valence-electron chi connectivity index (χ4n) is 3.22. The van der Waals surface area contributed by atoms with Crippen LogP contribution in [0.1, 0.15) is 19.5 Å². The van der Waals surface area contributed by atoms with Gasteiger partial charge < -0.3 is 19.0 Å². The van der Waals surface area contributed by atoms with Crippen LogP contribution in [0.25, 0.3) is 16.8 Å². The Balaban J connectivity index is 1.77. The topological polar surface area (TPSA) is 68.4 Å². The monoisotopic (exact) mass is 437 g/mol. The smallest absolute Gasteiger partial charge is 0.422 e. The summed E-state index contributed by atoms with van der Waals surface area (Å²) >= 11 is 0. The lowest BCUT2D eigenvalue weighted by Gasteiger charge is -2.20. The Kier molecular flexibility index (Phi) is 5.12. The lowest BCUT2D eigenvalue weighted by molar-refractivity contribution is -0.153. The van der Waals surface area contributed by atoms with E-state index in [0.29, 0.717) is 5.69 Å². The molecule has 1 atom stereocenters. The number of hydrogen-bond acceptors (Lipinski definition) is 5. The summed E-state index contributed by atoms with van der Waals surface area (Å²) < 4.78 is 64.1. The van der Waals surface area contributed by atoms with E-state index in [-0.39, 0.29) is 35.0 Å². The number of aliphatic hydroxyl groups is 1. The summed E-state index contributed by atoms with van der Waals surface area (Å²) in [6.07, 6.45) is -1.82. The van der Waals surface area contributed by atoms with Gasteiger partial charge in [-0.05, 0) is 26.0 Å². The minimum atomic E-state index is -4.51. The van der Waals surface area contributed by atoms with Gasteiger partial charge in [0.2, 0.25) is 5.90 Å². The predicted molar refractivity (Wildman–Crippen MR) is 105 cm³/mol. The minimum absolute atomic E-state index is 0.0478. The van der Waals surface area contributed by atoms with Crippen LogP contribution in [0.3, 0.4) is 0 Å². The molecular formula is C21H19F4N3O3. The van der Waals surface area contributed by atoms with Crippen molar-refractivity contribution in [2.75, 3.05) is 13.2 Å². The van der Waals surface area contributed by atoms with E-state index in [4.69, 9.17) is 9.47 Å². The van der Waals surface area contributed by atoms with Crippen LogP contribution in [-0.2, 0) is 4.74 Å². The van der Waals surface area contributed by atoms with Crippen molar-refractivity contribution < 1.29 is 32.1 Å². The quantitative estimate of drug-likeness (QED) is 0.613. The minimum Gasteiger partial charge on any atom is -0.483 e. The molecule has 0 radical (unpaired) electrons. The molecule has 0 saturated heterocycles. The number of halogens is 4. The Bertz CT molecular complexity index is 1150.